The summed E-state index contributed by atoms with van der Waals surface area (Å²) in [4.78, 5) is 54.8. The van der Waals surface area contributed by atoms with Crippen LogP contribution in [-0.2, 0) is 9.53 Å². The Hall–Kier alpha value is -5.23. The molecule has 2 aliphatic rings. The zero-order chi connectivity index (χ0) is 33.6. The van der Waals surface area contributed by atoms with Gasteiger partial charge in [-0.25, -0.2) is 14.8 Å². The topological polar surface area (TPSA) is 145 Å². The Morgan fingerprint density at radius 1 is 0.875 bits per heavy atom. The number of hydrogen-bond acceptors (Lipinski definition) is 8. The summed E-state index contributed by atoms with van der Waals surface area (Å²) in [5.41, 5.74) is 5.11. The number of aromatic nitrogens is 3. The lowest BCUT2D eigenvalue weighted by atomic mass is 10.0. The van der Waals surface area contributed by atoms with Gasteiger partial charge in [-0.3, -0.25) is 9.59 Å². The number of hydrogen-bond donors (Lipinski definition) is 4. The quantitative estimate of drug-likeness (QED) is 0.201. The Balaban J connectivity index is 1.07. The molecule has 2 aromatic carbocycles. The standard InChI is InChI=1S/C36H42N8O4/c1-23(2)32(42-36(47)48-3)35(46)44-18-4-5-30(44)33-39-22-29(41-33)26-8-6-24(7-9-26)25-10-13-28(14-11-25)40-34(45)27-12-15-31(38-21-27)43-19-16-37-17-20-43/h6-15,21-23,30,32,37H,4-5,16-20H2,1-3H3,(H,39,41)(H,40,45)(H,42,47)/t30?,32-/m0/s1. The molecule has 0 spiro atoms. The molecule has 0 saturated carbocycles. The van der Waals surface area contributed by atoms with Gasteiger partial charge in [0.05, 0.1) is 30.6 Å². The Morgan fingerprint density at radius 2 is 1.56 bits per heavy atom. The van der Waals surface area contributed by atoms with Gasteiger partial charge in [-0.2, -0.15) is 0 Å². The summed E-state index contributed by atoms with van der Waals surface area (Å²) in [5.74, 6) is 1.18. The highest BCUT2D eigenvalue weighted by Crippen LogP contribution is 2.33. The molecule has 4 heterocycles. The first-order valence-corrected chi connectivity index (χ1v) is 16.4. The Labute approximate surface area is 280 Å². The number of carbonyl (C=O) groups is 3. The van der Waals surface area contributed by atoms with Crippen LogP contribution in [0.5, 0.6) is 0 Å². The van der Waals surface area contributed by atoms with Crippen molar-refractivity contribution < 1.29 is 19.1 Å². The van der Waals surface area contributed by atoms with Gasteiger partial charge in [0.15, 0.2) is 0 Å². The first kappa shape index (κ1) is 32.7. The SMILES string of the molecule is COC(=O)N[C@H](C(=O)N1CCCC1c1ncc(-c2ccc(-c3ccc(NC(=O)c4ccc(N5CCNCC5)nc4)cc3)cc2)[nH]1)C(C)C. The number of ether oxygens (including phenoxy) is 1. The largest absolute Gasteiger partial charge is 0.453 e. The molecule has 12 nitrogen and oxygen atoms in total. The van der Waals surface area contributed by atoms with E-state index in [0.717, 1.165) is 73.0 Å². The van der Waals surface area contributed by atoms with Crippen molar-refractivity contribution in [1.29, 1.82) is 0 Å². The number of H-pyrrole nitrogens is 1. The van der Waals surface area contributed by atoms with E-state index in [0.29, 0.717) is 17.8 Å². The number of alkyl carbamates (subject to hydrolysis) is 1. The smallest absolute Gasteiger partial charge is 0.407 e. The zero-order valence-corrected chi connectivity index (χ0v) is 27.5. The van der Waals surface area contributed by atoms with Crippen LogP contribution >= 0.6 is 0 Å². The van der Waals surface area contributed by atoms with Gasteiger partial charge < -0.3 is 35.5 Å². The molecule has 6 rings (SSSR count). The van der Waals surface area contributed by atoms with Crippen LogP contribution in [0.25, 0.3) is 22.4 Å². The van der Waals surface area contributed by atoms with Crippen LogP contribution in [-0.4, -0.2) is 83.6 Å². The molecular weight excluding hydrogens is 608 g/mol. The van der Waals surface area contributed by atoms with Gasteiger partial charge in [0.25, 0.3) is 5.91 Å². The average molecular weight is 651 g/mol. The summed E-state index contributed by atoms with van der Waals surface area (Å²) in [6.07, 6.45) is 4.45. The normalized spacial score (nSPS) is 16.9. The van der Waals surface area contributed by atoms with Gasteiger partial charge in [0, 0.05) is 44.6 Å². The Bertz CT molecular complexity index is 1710. The third-order valence-corrected chi connectivity index (χ3v) is 8.96. The number of nitrogens with zero attached hydrogens (tertiary/aromatic N) is 4. The summed E-state index contributed by atoms with van der Waals surface area (Å²) in [6, 6.07) is 18.8. The monoisotopic (exact) mass is 650 g/mol. The lowest BCUT2D eigenvalue weighted by Gasteiger charge is -2.30. The van der Waals surface area contributed by atoms with E-state index < -0.39 is 12.1 Å². The summed E-state index contributed by atoms with van der Waals surface area (Å²) >= 11 is 0. The number of anilines is 2. The molecule has 2 atom stereocenters. The van der Waals surface area contributed by atoms with Crippen molar-refractivity contribution in [3.05, 3.63) is 84.4 Å². The lowest BCUT2D eigenvalue weighted by Crippen LogP contribution is -2.51. The fourth-order valence-corrected chi connectivity index (χ4v) is 6.24. The molecule has 0 radical (unpaired) electrons. The van der Waals surface area contributed by atoms with E-state index in [1.165, 1.54) is 7.11 Å². The zero-order valence-electron chi connectivity index (χ0n) is 27.5. The minimum absolute atomic E-state index is 0.0957. The second kappa shape index (κ2) is 14.7. The molecule has 0 aliphatic carbocycles. The third-order valence-electron chi connectivity index (χ3n) is 8.96. The number of imidazole rings is 1. The molecule has 2 aliphatic heterocycles. The number of benzene rings is 2. The van der Waals surface area contributed by atoms with E-state index in [4.69, 9.17) is 4.74 Å². The van der Waals surface area contributed by atoms with Crippen LogP contribution in [0.3, 0.4) is 0 Å². The van der Waals surface area contributed by atoms with Crippen molar-refractivity contribution in [3.8, 4) is 22.4 Å². The van der Waals surface area contributed by atoms with Gasteiger partial charge in [0.1, 0.15) is 17.7 Å². The van der Waals surface area contributed by atoms with Crippen LogP contribution in [0, 0.1) is 5.92 Å². The average Bonchev–Trinajstić information content (AvgIpc) is 3.82. The maximum absolute atomic E-state index is 13.5. The highest BCUT2D eigenvalue weighted by Gasteiger charge is 2.37. The van der Waals surface area contributed by atoms with Crippen molar-refractivity contribution >= 4 is 29.4 Å². The first-order valence-electron chi connectivity index (χ1n) is 16.4. The van der Waals surface area contributed by atoms with E-state index in [-0.39, 0.29) is 23.8 Å². The molecule has 3 amide bonds. The van der Waals surface area contributed by atoms with Crippen LogP contribution < -0.4 is 20.9 Å². The lowest BCUT2D eigenvalue weighted by molar-refractivity contribution is -0.135. The van der Waals surface area contributed by atoms with E-state index in [9.17, 15) is 14.4 Å². The van der Waals surface area contributed by atoms with Crippen molar-refractivity contribution in [2.24, 2.45) is 5.92 Å². The fourth-order valence-electron chi connectivity index (χ4n) is 6.24. The molecule has 2 fully saturated rings. The van der Waals surface area contributed by atoms with E-state index in [1.54, 1.807) is 17.3 Å². The molecule has 4 N–H and O–H groups in total. The van der Waals surface area contributed by atoms with Crippen LogP contribution in [0.2, 0.25) is 0 Å². The molecular formula is C36H42N8O4. The summed E-state index contributed by atoms with van der Waals surface area (Å²) in [7, 11) is 1.29. The number of methoxy groups -OCH3 is 1. The summed E-state index contributed by atoms with van der Waals surface area (Å²) < 4.78 is 4.74. The van der Waals surface area contributed by atoms with Crippen molar-refractivity contribution in [2.75, 3.05) is 50.1 Å². The van der Waals surface area contributed by atoms with Gasteiger partial charge in [-0.1, -0.05) is 50.2 Å². The molecule has 4 aromatic rings. The van der Waals surface area contributed by atoms with E-state index in [2.05, 4.69) is 35.8 Å². The second-order valence-electron chi connectivity index (χ2n) is 12.5. The fraction of sp³-hybridized carbons (Fsp3) is 0.361. The van der Waals surface area contributed by atoms with Crippen LogP contribution in [0.15, 0.2) is 73.1 Å². The van der Waals surface area contributed by atoms with Crippen LogP contribution in [0.1, 0.15) is 48.9 Å². The minimum Gasteiger partial charge on any atom is -0.453 e. The van der Waals surface area contributed by atoms with Gasteiger partial charge in [-0.15, -0.1) is 0 Å². The predicted molar refractivity (Wildman–Crippen MR) is 185 cm³/mol. The molecule has 2 saturated heterocycles. The first-order chi connectivity index (χ1) is 23.3. The number of pyridine rings is 1. The number of likely N-dealkylation sites (tertiary alicyclic amines) is 1. The highest BCUT2D eigenvalue weighted by molar-refractivity contribution is 6.04. The third kappa shape index (κ3) is 7.33. The maximum atomic E-state index is 13.5. The predicted octanol–water partition coefficient (Wildman–Crippen LogP) is 4.84. The molecule has 250 valence electrons. The number of aromatic amines is 1. The van der Waals surface area contributed by atoms with Gasteiger partial charge in [-0.05, 0) is 59.7 Å². The molecule has 12 heteroatoms. The summed E-state index contributed by atoms with van der Waals surface area (Å²) in [6.45, 7) is 8.06. The van der Waals surface area contributed by atoms with Crippen molar-refractivity contribution in [2.45, 2.75) is 38.8 Å². The number of carbonyl (C=O) groups excluding carboxylic acids is 3. The molecule has 1 unspecified atom stereocenters. The van der Waals surface area contributed by atoms with Crippen molar-refractivity contribution in [1.82, 2.24) is 30.5 Å². The van der Waals surface area contributed by atoms with Gasteiger partial charge in [0.2, 0.25) is 5.91 Å². The molecule has 48 heavy (non-hydrogen) atoms. The van der Waals surface area contributed by atoms with E-state index in [1.807, 2.05) is 74.5 Å². The number of piperazine rings is 1. The van der Waals surface area contributed by atoms with Gasteiger partial charge >= 0.3 is 6.09 Å². The number of rotatable bonds is 9. The molecule has 2 aromatic heterocycles. The Kier molecular flexibility index (Phi) is 10.0. The van der Waals surface area contributed by atoms with Crippen molar-refractivity contribution in [3.63, 3.8) is 0 Å². The Morgan fingerprint density at radius 3 is 2.21 bits per heavy atom. The number of nitrogens with one attached hydrogen (secondary N) is 4. The highest BCUT2D eigenvalue weighted by atomic mass is 16.5. The van der Waals surface area contributed by atoms with Crippen LogP contribution in [0.4, 0.5) is 16.3 Å². The maximum Gasteiger partial charge on any atom is 0.407 e. The summed E-state index contributed by atoms with van der Waals surface area (Å²) in [5, 5.41) is 8.98. The number of amides is 3. The second-order valence-corrected chi connectivity index (χ2v) is 12.5. The van der Waals surface area contributed by atoms with E-state index >= 15 is 0 Å². The minimum atomic E-state index is -0.678. The molecule has 0 bridgehead atoms.